The minimum atomic E-state index is -0.312. The van der Waals surface area contributed by atoms with Crippen LogP contribution in [0.4, 0.5) is 4.39 Å². The fourth-order valence-corrected chi connectivity index (χ4v) is 3.04. The lowest BCUT2D eigenvalue weighted by Gasteiger charge is -2.15. The Labute approximate surface area is 170 Å². The van der Waals surface area contributed by atoms with Gasteiger partial charge in [-0.3, -0.25) is 4.79 Å². The molecule has 0 spiro atoms. The zero-order valence-electron chi connectivity index (χ0n) is 17.0. The summed E-state index contributed by atoms with van der Waals surface area (Å²) >= 11 is 0. The third-order valence-corrected chi connectivity index (χ3v) is 4.85. The maximum atomic E-state index is 13.0. The van der Waals surface area contributed by atoms with Gasteiger partial charge in [-0.2, -0.15) is 4.98 Å². The number of amides is 1. The number of carbonyl (C=O) groups is 1. The second kappa shape index (κ2) is 9.45. The minimum absolute atomic E-state index is 0.0105. The number of aryl methyl sites for hydroxylation is 1. The van der Waals surface area contributed by atoms with Gasteiger partial charge in [0.05, 0.1) is 6.04 Å². The lowest BCUT2D eigenvalue weighted by Crippen LogP contribution is -2.26. The van der Waals surface area contributed by atoms with Crippen molar-refractivity contribution in [2.75, 3.05) is 0 Å². The van der Waals surface area contributed by atoms with Crippen molar-refractivity contribution in [3.05, 3.63) is 71.4 Å². The molecule has 0 fully saturated rings. The number of halogens is 1. The molecule has 152 valence electrons. The molecule has 1 heterocycles. The summed E-state index contributed by atoms with van der Waals surface area (Å²) in [5.41, 5.74) is 3.06. The van der Waals surface area contributed by atoms with E-state index in [9.17, 15) is 9.18 Å². The number of aromatic nitrogens is 2. The summed E-state index contributed by atoms with van der Waals surface area (Å²) in [4.78, 5) is 16.5. The molecule has 29 heavy (non-hydrogen) atoms. The van der Waals surface area contributed by atoms with Crippen molar-refractivity contribution < 1.29 is 13.7 Å². The molecule has 1 aromatic heterocycles. The standard InChI is InChI=1S/C23H26FN3O2/c1-15(2)17-7-9-18(10-8-17)16(3)25-21(28)5-4-6-22-26-23(27-29-22)19-11-13-20(24)14-12-19/h7-16H,4-6H2,1-3H3,(H,25,28). The van der Waals surface area contributed by atoms with E-state index in [1.54, 1.807) is 12.1 Å². The van der Waals surface area contributed by atoms with Crippen LogP contribution >= 0.6 is 0 Å². The topological polar surface area (TPSA) is 68.0 Å². The van der Waals surface area contributed by atoms with Crippen molar-refractivity contribution in [2.45, 2.75) is 52.0 Å². The number of nitrogens with zero attached hydrogens (tertiary/aromatic N) is 2. The summed E-state index contributed by atoms with van der Waals surface area (Å²) in [6, 6.07) is 14.2. The van der Waals surface area contributed by atoms with Crippen LogP contribution in [-0.2, 0) is 11.2 Å². The average Bonchev–Trinajstić information content (AvgIpc) is 3.17. The number of rotatable bonds is 8. The molecule has 3 aromatic rings. The summed E-state index contributed by atoms with van der Waals surface area (Å²) in [5.74, 6) is 1.05. The Bertz CT molecular complexity index is 934. The highest BCUT2D eigenvalue weighted by Gasteiger charge is 2.12. The first-order valence-corrected chi connectivity index (χ1v) is 9.90. The van der Waals surface area contributed by atoms with Gasteiger partial charge in [-0.15, -0.1) is 0 Å². The Hall–Kier alpha value is -3.02. The van der Waals surface area contributed by atoms with Crippen LogP contribution in [0, 0.1) is 5.82 Å². The molecule has 2 aromatic carbocycles. The summed E-state index contributed by atoms with van der Waals surface area (Å²) in [6.45, 7) is 6.30. The maximum absolute atomic E-state index is 13.0. The first-order valence-electron chi connectivity index (χ1n) is 9.90. The molecule has 0 saturated carbocycles. The fourth-order valence-electron chi connectivity index (χ4n) is 3.04. The van der Waals surface area contributed by atoms with Crippen molar-refractivity contribution in [1.82, 2.24) is 15.5 Å². The van der Waals surface area contributed by atoms with Gasteiger partial charge in [-0.25, -0.2) is 4.39 Å². The maximum Gasteiger partial charge on any atom is 0.226 e. The lowest BCUT2D eigenvalue weighted by molar-refractivity contribution is -0.121. The first kappa shape index (κ1) is 20.7. The molecule has 3 rings (SSSR count). The van der Waals surface area contributed by atoms with E-state index in [1.165, 1.54) is 17.7 Å². The Balaban J connectivity index is 1.45. The molecular weight excluding hydrogens is 369 g/mol. The van der Waals surface area contributed by atoms with Gasteiger partial charge in [0.25, 0.3) is 0 Å². The highest BCUT2D eigenvalue weighted by molar-refractivity contribution is 5.76. The normalized spacial score (nSPS) is 12.2. The third kappa shape index (κ3) is 5.73. The van der Waals surface area contributed by atoms with Gasteiger partial charge in [0.2, 0.25) is 17.6 Å². The zero-order valence-corrected chi connectivity index (χ0v) is 17.0. The summed E-state index contributed by atoms with van der Waals surface area (Å²) in [5, 5.41) is 6.94. The highest BCUT2D eigenvalue weighted by atomic mass is 19.1. The Morgan fingerprint density at radius 2 is 1.69 bits per heavy atom. The van der Waals surface area contributed by atoms with Crippen LogP contribution in [0.2, 0.25) is 0 Å². The number of benzene rings is 2. The molecular formula is C23H26FN3O2. The minimum Gasteiger partial charge on any atom is -0.350 e. The summed E-state index contributed by atoms with van der Waals surface area (Å²) in [6.07, 6.45) is 1.50. The largest absolute Gasteiger partial charge is 0.350 e. The highest BCUT2D eigenvalue weighted by Crippen LogP contribution is 2.19. The lowest BCUT2D eigenvalue weighted by atomic mass is 9.99. The van der Waals surface area contributed by atoms with E-state index in [0.717, 1.165) is 5.56 Å². The van der Waals surface area contributed by atoms with E-state index in [-0.39, 0.29) is 17.8 Å². The van der Waals surface area contributed by atoms with Gasteiger partial charge in [0.1, 0.15) is 5.82 Å². The third-order valence-electron chi connectivity index (χ3n) is 4.85. The Morgan fingerprint density at radius 3 is 2.34 bits per heavy atom. The number of carbonyl (C=O) groups excluding carboxylic acids is 1. The molecule has 1 atom stereocenters. The Kier molecular flexibility index (Phi) is 6.75. The monoisotopic (exact) mass is 395 g/mol. The van der Waals surface area contributed by atoms with Gasteiger partial charge in [0, 0.05) is 18.4 Å². The fraction of sp³-hybridized carbons (Fsp3) is 0.348. The van der Waals surface area contributed by atoms with E-state index in [2.05, 4.69) is 53.6 Å². The first-order chi connectivity index (χ1) is 13.9. The average molecular weight is 395 g/mol. The molecule has 0 aliphatic rings. The number of hydrogen-bond donors (Lipinski definition) is 1. The van der Waals surface area contributed by atoms with Crippen molar-refractivity contribution in [3.63, 3.8) is 0 Å². The summed E-state index contributed by atoms with van der Waals surface area (Å²) < 4.78 is 18.2. The van der Waals surface area contributed by atoms with Gasteiger partial charge < -0.3 is 9.84 Å². The molecule has 1 N–H and O–H groups in total. The van der Waals surface area contributed by atoms with E-state index in [1.807, 2.05) is 6.92 Å². The van der Waals surface area contributed by atoms with Crippen LogP contribution in [0.15, 0.2) is 53.1 Å². The predicted octanol–water partition coefficient (Wildman–Crippen LogP) is 5.20. The Morgan fingerprint density at radius 1 is 1.03 bits per heavy atom. The van der Waals surface area contributed by atoms with Crippen molar-refractivity contribution in [2.24, 2.45) is 0 Å². The molecule has 0 bridgehead atoms. The quantitative estimate of drug-likeness (QED) is 0.569. The van der Waals surface area contributed by atoms with Crippen LogP contribution in [-0.4, -0.2) is 16.0 Å². The SMILES string of the molecule is CC(C)c1ccc(C(C)NC(=O)CCCc2nc(-c3ccc(F)cc3)no2)cc1. The molecule has 1 unspecified atom stereocenters. The van der Waals surface area contributed by atoms with Crippen molar-refractivity contribution in [1.29, 1.82) is 0 Å². The van der Waals surface area contributed by atoms with Crippen molar-refractivity contribution >= 4 is 5.91 Å². The van der Waals surface area contributed by atoms with E-state index in [4.69, 9.17) is 4.52 Å². The van der Waals surface area contributed by atoms with Crippen LogP contribution in [0.25, 0.3) is 11.4 Å². The molecule has 0 radical (unpaired) electrons. The van der Waals surface area contributed by atoms with Gasteiger partial charge in [-0.1, -0.05) is 43.3 Å². The zero-order chi connectivity index (χ0) is 20.8. The van der Waals surface area contributed by atoms with E-state index in [0.29, 0.717) is 42.5 Å². The van der Waals surface area contributed by atoms with Gasteiger partial charge in [0.15, 0.2) is 0 Å². The van der Waals surface area contributed by atoms with E-state index < -0.39 is 0 Å². The van der Waals surface area contributed by atoms with E-state index >= 15 is 0 Å². The second-order valence-electron chi connectivity index (χ2n) is 7.48. The van der Waals surface area contributed by atoms with Gasteiger partial charge >= 0.3 is 0 Å². The summed E-state index contributed by atoms with van der Waals surface area (Å²) in [7, 11) is 0. The molecule has 0 aliphatic carbocycles. The molecule has 1 amide bonds. The molecule has 0 saturated heterocycles. The van der Waals surface area contributed by atoms with Crippen LogP contribution in [0.5, 0.6) is 0 Å². The van der Waals surface area contributed by atoms with Crippen LogP contribution < -0.4 is 5.32 Å². The molecule has 0 aliphatic heterocycles. The van der Waals surface area contributed by atoms with Crippen LogP contribution in [0.1, 0.15) is 62.6 Å². The van der Waals surface area contributed by atoms with Crippen molar-refractivity contribution in [3.8, 4) is 11.4 Å². The van der Waals surface area contributed by atoms with Gasteiger partial charge in [-0.05, 0) is 54.7 Å². The number of nitrogens with one attached hydrogen (secondary N) is 1. The predicted molar refractivity (Wildman–Crippen MR) is 110 cm³/mol. The van der Waals surface area contributed by atoms with Crippen LogP contribution in [0.3, 0.4) is 0 Å². The second-order valence-corrected chi connectivity index (χ2v) is 7.48. The molecule has 5 nitrogen and oxygen atoms in total. The number of hydrogen-bond acceptors (Lipinski definition) is 4. The molecule has 6 heteroatoms. The smallest absolute Gasteiger partial charge is 0.226 e.